The van der Waals surface area contributed by atoms with Crippen molar-refractivity contribution in [2.24, 2.45) is 5.92 Å². The Bertz CT molecular complexity index is 1050. The SMILES string of the molecule is O=C(NNC(=O)C1CC(=O)N(c2ccc3c(c2)CCC3)C1)c1ccc2c(c1)OCO2. The highest BCUT2D eigenvalue weighted by molar-refractivity contribution is 6.01. The Hall–Kier alpha value is -3.55. The predicted molar refractivity (Wildman–Crippen MR) is 107 cm³/mol. The Morgan fingerprint density at radius 3 is 2.70 bits per heavy atom. The van der Waals surface area contributed by atoms with E-state index in [9.17, 15) is 14.4 Å². The van der Waals surface area contributed by atoms with E-state index in [1.54, 1.807) is 23.1 Å². The minimum atomic E-state index is -0.525. The number of nitrogens with one attached hydrogen (secondary N) is 2. The molecule has 2 N–H and O–H groups in total. The number of carbonyl (C=O) groups is 3. The van der Waals surface area contributed by atoms with Crippen molar-refractivity contribution in [3.8, 4) is 11.5 Å². The van der Waals surface area contributed by atoms with Crippen molar-refractivity contribution >= 4 is 23.4 Å². The van der Waals surface area contributed by atoms with Crippen LogP contribution in [0.5, 0.6) is 11.5 Å². The molecule has 3 amide bonds. The normalized spacial score (nSPS) is 19.0. The van der Waals surface area contributed by atoms with Crippen molar-refractivity contribution in [3.05, 3.63) is 53.1 Å². The van der Waals surface area contributed by atoms with Crippen LogP contribution < -0.4 is 25.2 Å². The number of benzene rings is 2. The highest BCUT2D eigenvalue weighted by Crippen LogP contribution is 2.33. The monoisotopic (exact) mass is 407 g/mol. The number of fused-ring (bicyclic) bond motifs is 2. The van der Waals surface area contributed by atoms with Crippen LogP contribution in [0.25, 0.3) is 0 Å². The van der Waals surface area contributed by atoms with Gasteiger partial charge in [0.15, 0.2) is 11.5 Å². The summed E-state index contributed by atoms with van der Waals surface area (Å²) in [5, 5.41) is 0. The lowest BCUT2D eigenvalue weighted by molar-refractivity contribution is -0.126. The van der Waals surface area contributed by atoms with Gasteiger partial charge in [-0.3, -0.25) is 25.2 Å². The standard InChI is InChI=1S/C22H21N3O5/c26-20-10-16(11-25(20)17-6-4-13-2-1-3-14(13)8-17)22(28)24-23-21(27)15-5-7-18-19(9-15)30-12-29-18/h4-9,16H,1-3,10-12H2,(H,23,27)(H,24,28). The highest BCUT2D eigenvalue weighted by atomic mass is 16.7. The predicted octanol–water partition coefficient (Wildman–Crippen LogP) is 1.72. The molecule has 154 valence electrons. The number of rotatable bonds is 3. The van der Waals surface area contributed by atoms with E-state index in [4.69, 9.17) is 9.47 Å². The first-order valence-electron chi connectivity index (χ1n) is 10.0. The molecule has 30 heavy (non-hydrogen) atoms. The summed E-state index contributed by atoms with van der Waals surface area (Å²) in [4.78, 5) is 39.0. The maximum atomic E-state index is 12.5. The van der Waals surface area contributed by atoms with Crippen LogP contribution in [0.1, 0.15) is 34.3 Å². The zero-order chi connectivity index (χ0) is 20.7. The molecule has 0 spiro atoms. The molecule has 8 heteroatoms. The summed E-state index contributed by atoms with van der Waals surface area (Å²) in [5.74, 6) is -0.410. The first-order chi connectivity index (χ1) is 14.6. The topological polar surface area (TPSA) is 97.0 Å². The summed E-state index contributed by atoms with van der Waals surface area (Å²) < 4.78 is 10.5. The molecule has 2 aromatic carbocycles. The average molecular weight is 407 g/mol. The van der Waals surface area contributed by atoms with Crippen molar-refractivity contribution in [2.75, 3.05) is 18.2 Å². The zero-order valence-electron chi connectivity index (χ0n) is 16.3. The first-order valence-corrected chi connectivity index (χ1v) is 10.0. The second-order valence-electron chi connectivity index (χ2n) is 7.72. The number of hydrogen-bond acceptors (Lipinski definition) is 5. The molecule has 2 heterocycles. The summed E-state index contributed by atoms with van der Waals surface area (Å²) in [6.45, 7) is 0.414. The van der Waals surface area contributed by atoms with Gasteiger partial charge in [-0.25, -0.2) is 0 Å². The highest BCUT2D eigenvalue weighted by Gasteiger charge is 2.35. The maximum absolute atomic E-state index is 12.5. The van der Waals surface area contributed by atoms with Gasteiger partial charge < -0.3 is 14.4 Å². The minimum absolute atomic E-state index is 0.0878. The molecular formula is C22H21N3O5. The molecule has 0 bridgehead atoms. The number of carbonyl (C=O) groups excluding carboxylic acids is 3. The van der Waals surface area contributed by atoms with Gasteiger partial charge in [-0.1, -0.05) is 6.07 Å². The molecule has 0 radical (unpaired) electrons. The Balaban J connectivity index is 1.20. The van der Waals surface area contributed by atoms with Gasteiger partial charge >= 0.3 is 0 Å². The molecule has 1 atom stereocenters. The van der Waals surface area contributed by atoms with E-state index in [0.29, 0.717) is 23.6 Å². The van der Waals surface area contributed by atoms with Crippen molar-refractivity contribution < 1.29 is 23.9 Å². The average Bonchev–Trinajstić information content (AvgIpc) is 3.49. The van der Waals surface area contributed by atoms with Crippen LogP contribution in [-0.4, -0.2) is 31.1 Å². The number of aryl methyl sites for hydroxylation is 2. The van der Waals surface area contributed by atoms with Crippen LogP contribution in [0, 0.1) is 5.92 Å². The van der Waals surface area contributed by atoms with Gasteiger partial charge in [0.25, 0.3) is 5.91 Å². The third-order valence-electron chi connectivity index (χ3n) is 5.82. The van der Waals surface area contributed by atoms with E-state index in [2.05, 4.69) is 23.0 Å². The number of hydrogen-bond donors (Lipinski definition) is 2. The van der Waals surface area contributed by atoms with E-state index in [1.165, 1.54) is 11.1 Å². The van der Waals surface area contributed by atoms with Crippen LogP contribution in [0.2, 0.25) is 0 Å². The molecule has 2 aliphatic heterocycles. The Morgan fingerprint density at radius 1 is 0.967 bits per heavy atom. The van der Waals surface area contributed by atoms with Gasteiger partial charge in [-0.2, -0.15) is 0 Å². The molecule has 3 aliphatic rings. The molecule has 1 aliphatic carbocycles. The van der Waals surface area contributed by atoms with Crippen molar-refractivity contribution in [1.82, 2.24) is 10.9 Å². The van der Waals surface area contributed by atoms with Crippen LogP contribution in [-0.2, 0) is 22.4 Å². The molecule has 1 saturated heterocycles. The quantitative estimate of drug-likeness (QED) is 0.756. The van der Waals surface area contributed by atoms with E-state index >= 15 is 0 Å². The Morgan fingerprint density at radius 2 is 1.80 bits per heavy atom. The summed E-state index contributed by atoms with van der Waals surface area (Å²) in [7, 11) is 0. The minimum Gasteiger partial charge on any atom is -0.454 e. The van der Waals surface area contributed by atoms with Gasteiger partial charge in [-0.15, -0.1) is 0 Å². The van der Waals surface area contributed by atoms with Crippen LogP contribution >= 0.6 is 0 Å². The number of hydrazine groups is 1. The summed E-state index contributed by atoms with van der Waals surface area (Å²) >= 11 is 0. The van der Waals surface area contributed by atoms with E-state index in [0.717, 1.165) is 24.9 Å². The Labute approximate surface area is 173 Å². The van der Waals surface area contributed by atoms with Gasteiger partial charge in [0.05, 0.1) is 5.92 Å². The molecule has 1 fully saturated rings. The lowest BCUT2D eigenvalue weighted by atomic mass is 10.1. The lowest BCUT2D eigenvalue weighted by Crippen LogP contribution is -2.45. The first kappa shape index (κ1) is 18.5. The second kappa shape index (κ2) is 7.37. The van der Waals surface area contributed by atoms with Crippen molar-refractivity contribution in [2.45, 2.75) is 25.7 Å². The molecule has 8 nitrogen and oxygen atoms in total. The molecule has 5 rings (SSSR count). The lowest BCUT2D eigenvalue weighted by Gasteiger charge is -2.18. The second-order valence-corrected chi connectivity index (χ2v) is 7.72. The van der Waals surface area contributed by atoms with Crippen molar-refractivity contribution in [1.29, 1.82) is 0 Å². The fourth-order valence-electron chi connectivity index (χ4n) is 4.19. The maximum Gasteiger partial charge on any atom is 0.269 e. The fraction of sp³-hybridized carbons (Fsp3) is 0.318. The zero-order valence-corrected chi connectivity index (χ0v) is 16.3. The van der Waals surface area contributed by atoms with Crippen LogP contribution in [0.15, 0.2) is 36.4 Å². The molecular weight excluding hydrogens is 386 g/mol. The van der Waals surface area contributed by atoms with Crippen LogP contribution in [0.4, 0.5) is 5.69 Å². The van der Waals surface area contributed by atoms with Crippen LogP contribution in [0.3, 0.4) is 0 Å². The van der Waals surface area contributed by atoms with E-state index in [-0.39, 0.29) is 25.0 Å². The van der Waals surface area contributed by atoms with Gasteiger partial charge in [0.2, 0.25) is 18.6 Å². The van der Waals surface area contributed by atoms with Gasteiger partial charge in [-0.05, 0) is 60.7 Å². The molecule has 0 saturated carbocycles. The van der Waals surface area contributed by atoms with Crippen molar-refractivity contribution in [3.63, 3.8) is 0 Å². The largest absolute Gasteiger partial charge is 0.454 e. The molecule has 1 unspecified atom stereocenters. The smallest absolute Gasteiger partial charge is 0.269 e. The van der Waals surface area contributed by atoms with Gasteiger partial charge in [0, 0.05) is 24.2 Å². The third-order valence-corrected chi connectivity index (χ3v) is 5.82. The van der Waals surface area contributed by atoms with Gasteiger partial charge in [0.1, 0.15) is 0 Å². The number of anilines is 1. The fourth-order valence-corrected chi connectivity index (χ4v) is 4.19. The summed E-state index contributed by atoms with van der Waals surface area (Å²) in [5.41, 5.74) is 8.63. The molecule has 2 aromatic rings. The number of ether oxygens (including phenoxy) is 2. The van der Waals surface area contributed by atoms with E-state index < -0.39 is 11.8 Å². The summed E-state index contributed by atoms with van der Waals surface area (Å²) in [6.07, 6.45) is 3.36. The number of nitrogens with zero attached hydrogens (tertiary/aromatic N) is 1. The third kappa shape index (κ3) is 3.34. The number of amides is 3. The Kier molecular flexibility index (Phi) is 4.54. The summed E-state index contributed by atoms with van der Waals surface area (Å²) in [6, 6.07) is 10.9. The van der Waals surface area contributed by atoms with E-state index in [1.807, 2.05) is 6.07 Å². The molecule has 0 aromatic heterocycles.